The number of hydrogen-bond acceptors (Lipinski definition) is 4. The van der Waals surface area contributed by atoms with Crippen LogP contribution in [0.2, 0.25) is 0 Å². The lowest BCUT2D eigenvalue weighted by Gasteiger charge is -2.15. The highest BCUT2D eigenvalue weighted by Gasteiger charge is 2.20. The average molecular weight is 282 g/mol. The Morgan fingerprint density at radius 2 is 2.05 bits per heavy atom. The van der Waals surface area contributed by atoms with Gasteiger partial charge in [-0.2, -0.15) is 0 Å². The van der Waals surface area contributed by atoms with E-state index >= 15 is 0 Å². The molecule has 0 spiro atoms. The Kier molecular flexibility index (Phi) is 5.68. The maximum Gasteiger partial charge on any atom is 0.242 e. The molecular formula is C14H26N4O2. The summed E-state index contributed by atoms with van der Waals surface area (Å²) in [5.41, 5.74) is -0.586. The van der Waals surface area contributed by atoms with Gasteiger partial charge in [0.1, 0.15) is 17.8 Å². The summed E-state index contributed by atoms with van der Waals surface area (Å²) in [7, 11) is 0. The van der Waals surface area contributed by atoms with Crippen LogP contribution in [-0.4, -0.2) is 32.0 Å². The molecule has 20 heavy (non-hydrogen) atoms. The molecule has 0 saturated heterocycles. The lowest BCUT2D eigenvalue weighted by atomic mass is 10.0. The van der Waals surface area contributed by atoms with Gasteiger partial charge in [0.15, 0.2) is 0 Å². The zero-order chi connectivity index (χ0) is 15.3. The monoisotopic (exact) mass is 282 g/mol. The fraction of sp³-hybridized carbons (Fsp3) is 0.786. The van der Waals surface area contributed by atoms with Gasteiger partial charge in [-0.15, -0.1) is 5.10 Å². The maximum atomic E-state index is 11.9. The molecule has 1 heterocycles. The second-order valence-corrected chi connectivity index (χ2v) is 6.30. The van der Waals surface area contributed by atoms with Gasteiger partial charge < -0.3 is 10.4 Å². The number of rotatable bonds is 7. The third-order valence-electron chi connectivity index (χ3n) is 3.06. The molecule has 1 rings (SSSR count). The molecule has 6 heteroatoms. The molecule has 1 aromatic rings. The number of aromatic nitrogens is 3. The quantitative estimate of drug-likeness (QED) is 0.793. The van der Waals surface area contributed by atoms with Gasteiger partial charge in [0.2, 0.25) is 5.91 Å². The molecule has 0 aliphatic rings. The smallest absolute Gasteiger partial charge is 0.242 e. The Hall–Kier alpha value is -1.43. The standard InChI is InChI=1S/C14H26N4O2/c1-10(2)6-7-11(3)15-13(19)9-18-8-12(16-17-18)14(4,5)20/h8,10-11,20H,6-7,9H2,1-5H3,(H,15,19). The molecule has 1 unspecified atom stereocenters. The first-order valence-corrected chi connectivity index (χ1v) is 7.11. The van der Waals surface area contributed by atoms with Crippen molar-refractivity contribution < 1.29 is 9.90 Å². The van der Waals surface area contributed by atoms with Crippen molar-refractivity contribution in [2.75, 3.05) is 0 Å². The molecule has 0 bridgehead atoms. The fourth-order valence-corrected chi connectivity index (χ4v) is 1.78. The minimum atomic E-state index is -1.04. The van der Waals surface area contributed by atoms with Crippen LogP contribution in [0.3, 0.4) is 0 Å². The summed E-state index contributed by atoms with van der Waals surface area (Å²) >= 11 is 0. The molecule has 2 N–H and O–H groups in total. The summed E-state index contributed by atoms with van der Waals surface area (Å²) in [5.74, 6) is 0.549. The Balaban J connectivity index is 2.44. The van der Waals surface area contributed by atoms with Crippen LogP contribution in [0.15, 0.2) is 6.20 Å². The first-order valence-electron chi connectivity index (χ1n) is 7.11. The highest BCUT2D eigenvalue weighted by atomic mass is 16.3. The Morgan fingerprint density at radius 3 is 2.55 bits per heavy atom. The normalized spacial score (nSPS) is 13.6. The van der Waals surface area contributed by atoms with E-state index in [0.29, 0.717) is 11.6 Å². The minimum absolute atomic E-state index is 0.0894. The highest BCUT2D eigenvalue weighted by molar-refractivity contribution is 5.75. The zero-order valence-corrected chi connectivity index (χ0v) is 13.1. The number of carbonyl (C=O) groups is 1. The van der Waals surface area contributed by atoms with Gasteiger partial charge in [-0.25, -0.2) is 4.68 Å². The number of carbonyl (C=O) groups excluding carboxylic acids is 1. The van der Waals surface area contributed by atoms with Gasteiger partial charge in [-0.3, -0.25) is 4.79 Å². The lowest BCUT2D eigenvalue weighted by Crippen LogP contribution is -2.35. The van der Waals surface area contributed by atoms with E-state index in [4.69, 9.17) is 0 Å². The van der Waals surface area contributed by atoms with Crippen molar-refractivity contribution in [2.24, 2.45) is 5.92 Å². The van der Waals surface area contributed by atoms with Crippen LogP contribution in [0.4, 0.5) is 0 Å². The summed E-state index contributed by atoms with van der Waals surface area (Å²) in [4.78, 5) is 11.9. The van der Waals surface area contributed by atoms with Crippen molar-refractivity contribution in [3.63, 3.8) is 0 Å². The molecule has 1 aromatic heterocycles. The van der Waals surface area contributed by atoms with E-state index in [2.05, 4.69) is 29.5 Å². The topological polar surface area (TPSA) is 80.0 Å². The average Bonchev–Trinajstić information content (AvgIpc) is 2.74. The van der Waals surface area contributed by atoms with Crippen LogP contribution >= 0.6 is 0 Å². The maximum absolute atomic E-state index is 11.9. The van der Waals surface area contributed by atoms with Crippen molar-refractivity contribution in [1.82, 2.24) is 20.3 Å². The predicted octanol–water partition coefficient (Wildman–Crippen LogP) is 1.45. The molecule has 114 valence electrons. The largest absolute Gasteiger partial charge is 0.384 e. The molecule has 0 aliphatic carbocycles. The second-order valence-electron chi connectivity index (χ2n) is 6.30. The zero-order valence-electron chi connectivity index (χ0n) is 13.1. The van der Waals surface area contributed by atoms with Crippen LogP contribution in [0.1, 0.15) is 53.2 Å². The van der Waals surface area contributed by atoms with Gasteiger partial charge in [-0.1, -0.05) is 19.1 Å². The van der Waals surface area contributed by atoms with E-state index in [0.717, 1.165) is 12.8 Å². The SMILES string of the molecule is CC(C)CCC(C)NC(=O)Cn1cc(C(C)(C)O)nn1. The van der Waals surface area contributed by atoms with Crippen LogP contribution in [0, 0.1) is 5.92 Å². The first-order chi connectivity index (χ1) is 9.18. The number of aliphatic hydroxyl groups is 1. The summed E-state index contributed by atoms with van der Waals surface area (Å²) in [6.07, 6.45) is 3.65. The number of nitrogens with one attached hydrogen (secondary N) is 1. The molecule has 0 fully saturated rings. The Labute approximate surface area is 120 Å². The number of hydrogen-bond donors (Lipinski definition) is 2. The van der Waals surface area contributed by atoms with E-state index in [1.54, 1.807) is 20.0 Å². The van der Waals surface area contributed by atoms with Gasteiger partial charge >= 0.3 is 0 Å². The minimum Gasteiger partial charge on any atom is -0.384 e. The van der Waals surface area contributed by atoms with E-state index < -0.39 is 5.60 Å². The van der Waals surface area contributed by atoms with Crippen molar-refractivity contribution >= 4 is 5.91 Å². The number of amides is 1. The van der Waals surface area contributed by atoms with Crippen LogP contribution < -0.4 is 5.32 Å². The molecule has 6 nitrogen and oxygen atoms in total. The van der Waals surface area contributed by atoms with E-state index in [1.165, 1.54) is 4.68 Å². The lowest BCUT2D eigenvalue weighted by molar-refractivity contribution is -0.122. The third kappa shape index (κ3) is 5.69. The van der Waals surface area contributed by atoms with E-state index in [9.17, 15) is 9.90 Å². The Morgan fingerprint density at radius 1 is 1.40 bits per heavy atom. The summed E-state index contributed by atoms with van der Waals surface area (Å²) in [6, 6.07) is 0.155. The third-order valence-corrected chi connectivity index (χ3v) is 3.06. The molecule has 1 amide bonds. The molecule has 0 aliphatic heterocycles. The van der Waals surface area contributed by atoms with Crippen LogP contribution in [0.25, 0.3) is 0 Å². The molecule has 0 saturated carbocycles. The summed E-state index contributed by atoms with van der Waals surface area (Å²) < 4.78 is 1.44. The van der Waals surface area contributed by atoms with Crippen LogP contribution in [0.5, 0.6) is 0 Å². The molecule has 0 aromatic carbocycles. The fourth-order valence-electron chi connectivity index (χ4n) is 1.78. The second kappa shape index (κ2) is 6.83. The van der Waals surface area contributed by atoms with Gasteiger partial charge in [0.25, 0.3) is 0 Å². The van der Waals surface area contributed by atoms with Crippen LogP contribution in [-0.2, 0) is 16.9 Å². The van der Waals surface area contributed by atoms with E-state index in [1.807, 2.05) is 6.92 Å². The molecule has 1 atom stereocenters. The van der Waals surface area contributed by atoms with Crippen molar-refractivity contribution in [3.8, 4) is 0 Å². The molecule has 0 radical (unpaired) electrons. The highest BCUT2D eigenvalue weighted by Crippen LogP contribution is 2.15. The predicted molar refractivity (Wildman–Crippen MR) is 76.9 cm³/mol. The Bertz CT molecular complexity index is 435. The van der Waals surface area contributed by atoms with Crippen molar-refractivity contribution in [2.45, 2.75) is 65.6 Å². The number of nitrogens with zero attached hydrogens (tertiary/aromatic N) is 3. The van der Waals surface area contributed by atoms with Crippen molar-refractivity contribution in [1.29, 1.82) is 0 Å². The van der Waals surface area contributed by atoms with E-state index in [-0.39, 0.29) is 18.5 Å². The van der Waals surface area contributed by atoms with Gasteiger partial charge in [0, 0.05) is 6.04 Å². The van der Waals surface area contributed by atoms with Gasteiger partial charge in [0.05, 0.1) is 6.20 Å². The van der Waals surface area contributed by atoms with Gasteiger partial charge in [-0.05, 0) is 39.5 Å². The summed E-state index contributed by atoms with van der Waals surface area (Å²) in [5, 5.41) is 20.4. The van der Waals surface area contributed by atoms with Crippen molar-refractivity contribution in [3.05, 3.63) is 11.9 Å². The first kappa shape index (κ1) is 16.6. The summed E-state index contributed by atoms with van der Waals surface area (Å²) in [6.45, 7) is 9.73. The molecular weight excluding hydrogens is 256 g/mol.